The zero-order chi connectivity index (χ0) is 13.4. The van der Waals surface area contributed by atoms with Gasteiger partial charge in [0.15, 0.2) is 6.29 Å². The Morgan fingerprint density at radius 1 is 1.06 bits per heavy atom. The van der Waals surface area contributed by atoms with Crippen LogP contribution in [0.25, 0.3) is 0 Å². The Balaban J connectivity index is 2.77. The van der Waals surface area contributed by atoms with Gasteiger partial charge in [0.25, 0.3) is 0 Å². The number of aliphatic hydroxyl groups is 5. The molecule has 1 unspecified atom stereocenters. The van der Waals surface area contributed by atoms with E-state index in [9.17, 15) is 18.6 Å². The molecular formula is C6H12O10S. The van der Waals surface area contributed by atoms with Gasteiger partial charge in [0.1, 0.15) is 24.4 Å². The smallest absolute Gasteiger partial charge is 0.387 e. The summed E-state index contributed by atoms with van der Waals surface area (Å²) in [5, 5.41) is 45.8. The maximum atomic E-state index is 10.3. The van der Waals surface area contributed by atoms with Gasteiger partial charge in [-0.15, -0.1) is 0 Å². The Morgan fingerprint density at radius 2 is 1.59 bits per heavy atom. The highest BCUT2D eigenvalue weighted by Crippen LogP contribution is 2.23. The van der Waals surface area contributed by atoms with E-state index < -0.39 is 47.4 Å². The molecule has 1 rings (SSSR count). The van der Waals surface area contributed by atoms with Crippen LogP contribution in [0.3, 0.4) is 0 Å². The molecule has 1 aliphatic rings. The summed E-state index contributed by atoms with van der Waals surface area (Å²) in [7, 11) is -5.01. The number of ether oxygens (including phenoxy) is 1. The van der Waals surface area contributed by atoms with Crippen molar-refractivity contribution < 1.29 is 47.4 Å². The SMILES string of the molecule is O=S(=O)(O)OC(O)[C@H]1O[C@H](O)[C@@H](O)[C@@H](O)[C@@H]1O. The quantitative estimate of drug-likeness (QED) is 0.220. The lowest BCUT2D eigenvalue weighted by Crippen LogP contribution is -2.61. The minimum atomic E-state index is -5.01. The highest BCUT2D eigenvalue weighted by Gasteiger charge is 2.47. The monoisotopic (exact) mass is 276 g/mol. The van der Waals surface area contributed by atoms with E-state index >= 15 is 0 Å². The molecule has 11 heteroatoms. The van der Waals surface area contributed by atoms with Gasteiger partial charge in [-0.2, -0.15) is 8.42 Å². The van der Waals surface area contributed by atoms with E-state index in [1.54, 1.807) is 0 Å². The third kappa shape index (κ3) is 3.54. The first-order valence-electron chi connectivity index (χ1n) is 4.35. The molecule has 1 fully saturated rings. The van der Waals surface area contributed by atoms with Crippen LogP contribution in [0.5, 0.6) is 0 Å². The van der Waals surface area contributed by atoms with E-state index in [2.05, 4.69) is 8.92 Å². The van der Waals surface area contributed by atoms with Crippen molar-refractivity contribution in [3.63, 3.8) is 0 Å². The minimum Gasteiger partial charge on any atom is -0.387 e. The summed E-state index contributed by atoms with van der Waals surface area (Å²) in [6.07, 6.45) is -11.8. The fraction of sp³-hybridized carbons (Fsp3) is 1.00. The first-order valence-corrected chi connectivity index (χ1v) is 5.71. The van der Waals surface area contributed by atoms with E-state index in [0.717, 1.165) is 0 Å². The predicted molar refractivity (Wildman–Crippen MR) is 47.5 cm³/mol. The molecule has 6 N–H and O–H groups in total. The Bertz CT molecular complexity index is 354. The maximum absolute atomic E-state index is 10.3. The average molecular weight is 276 g/mol. The van der Waals surface area contributed by atoms with Crippen LogP contribution in [0.15, 0.2) is 0 Å². The van der Waals surface area contributed by atoms with Crippen molar-refractivity contribution in [3.05, 3.63) is 0 Å². The van der Waals surface area contributed by atoms with Crippen molar-refractivity contribution in [3.8, 4) is 0 Å². The van der Waals surface area contributed by atoms with Gasteiger partial charge >= 0.3 is 10.4 Å². The molecule has 17 heavy (non-hydrogen) atoms. The van der Waals surface area contributed by atoms with Crippen molar-refractivity contribution in [2.45, 2.75) is 37.0 Å². The zero-order valence-electron chi connectivity index (χ0n) is 8.19. The summed E-state index contributed by atoms with van der Waals surface area (Å²) in [4.78, 5) is 0. The number of aliphatic hydroxyl groups excluding tert-OH is 5. The van der Waals surface area contributed by atoms with Crippen LogP contribution in [0.1, 0.15) is 0 Å². The van der Waals surface area contributed by atoms with Gasteiger partial charge in [-0.1, -0.05) is 0 Å². The van der Waals surface area contributed by atoms with E-state index in [0.29, 0.717) is 0 Å². The van der Waals surface area contributed by atoms with Gasteiger partial charge in [0.05, 0.1) is 0 Å². The van der Waals surface area contributed by atoms with Crippen LogP contribution in [0.4, 0.5) is 0 Å². The molecule has 0 bridgehead atoms. The molecule has 0 spiro atoms. The van der Waals surface area contributed by atoms with Crippen molar-refractivity contribution >= 4 is 10.4 Å². The lowest BCUT2D eigenvalue weighted by molar-refractivity contribution is -0.313. The van der Waals surface area contributed by atoms with E-state index in [4.69, 9.17) is 19.9 Å². The molecule has 1 heterocycles. The van der Waals surface area contributed by atoms with Gasteiger partial charge in [0, 0.05) is 0 Å². The summed E-state index contributed by atoms with van der Waals surface area (Å²) in [6, 6.07) is 0. The van der Waals surface area contributed by atoms with Crippen LogP contribution < -0.4 is 0 Å². The molecule has 0 amide bonds. The largest absolute Gasteiger partial charge is 0.399 e. The van der Waals surface area contributed by atoms with Crippen LogP contribution in [0, 0.1) is 0 Å². The first-order chi connectivity index (χ1) is 7.63. The summed E-state index contributed by atoms with van der Waals surface area (Å²) in [6.45, 7) is 0. The molecule has 0 aromatic heterocycles. The van der Waals surface area contributed by atoms with Crippen molar-refractivity contribution in [2.75, 3.05) is 0 Å². The number of rotatable bonds is 3. The summed E-state index contributed by atoms with van der Waals surface area (Å²) < 4.78 is 36.9. The van der Waals surface area contributed by atoms with Crippen LogP contribution >= 0.6 is 0 Å². The van der Waals surface area contributed by atoms with Crippen LogP contribution in [0.2, 0.25) is 0 Å². The fourth-order valence-corrected chi connectivity index (χ4v) is 1.66. The Labute approximate surface area is 95.6 Å². The summed E-state index contributed by atoms with van der Waals surface area (Å²) >= 11 is 0. The highest BCUT2D eigenvalue weighted by molar-refractivity contribution is 7.80. The Hall–Kier alpha value is -0.370. The molecule has 0 saturated carbocycles. The van der Waals surface area contributed by atoms with Gasteiger partial charge in [-0.05, 0) is 0 Å². The normalized spacial score (nSPS) is 41.2. The molecule has 10 nitrogen and oxygen atoms in total. The van der Waals surface area contributed by atoms with Gasteiger partial charge < -0.3 is 30.3 Å². The molecule has 102 valence electrons. The first kappa shape index (κ1) is 14.7. The molecule has 0 aliphatic carbocycles. The Morgan fingerprint density at radius 3 is 2.06 bits per heavy atom. The fourth-order valence-electron chi connectivity index (χ4n) is 1.30. The van der Waals surface area contributed by atoms with E-state index in [1.165, 1.54) is 0 Å². The summed E-state index contributed by atoms with van der Waals surface area (Å²) in [5.74, 6) is 0. The van der Waals surface area contributed by atoms with Crippen molar-refractivity contribution in [2.24, 2.45) is 0 Å². The molecule has 0 aromatic carbocycles. The number of hydrogen-bond acceptors (Lipinski definition) is 9. The topological polar surface area (TPSA) is 174 Å². The molecule has 0 radical (unpaired) electrons. The second kappa shape index (κ2) is 5.09. The van der Waals surface area contributed by atoms with Crippen LogP contribution in [-0.2, 0) is 19.3 Å². The van der Waals surface area contributed by atoms with E-state index in [1.807, 2.05) is 0 Å². The lowest BCUT2D eigenvalue weighted by Gasteiger charge is -2.39. The molecular weight excluding hydrogens is 264 g/mol. The number of hydrogen-bond donors (Lipinski definition) is 6. The average Bonchev–Trinajstić information content (AvgIpc) is 2.17. The third-order valence-corrected chi connectivity index (χ3v) is 2.57. The summed E-state index contributed by atoms with van der Waals surface area (Å²) in [5.41, 5.74) is 0. The second-order valence-electron chi connectivity index (χ2n) is 3.38. The third-order valence-electron chi connectivity index (χ3n) is 2.13. The minimum absolute atomic E-state index is 1.83. The van der Waals surface area contributed by atoms with Gasteiger partial charge in [-0.25, -0.2) is 4.18 Å². The van der Waals surface area contributed by atoms with Gasteiger partial charge in [-0.3, -0.25) is 4.55 Å². The molecule has 6 atom stereocenters. The van der Waals surface area contributed by atoms with Crippen LogP contribution in [-0.4, -0.2) is 75.5 Å². The highest BCUT2D eigenvalue weighted by atomic mass is 32.3. The van der Waals surface area contributed by atoms with Crippen molar-refractivity contribution in [1.29, 1.82) is 0 Å². The van der Waals surface area contributed by atoms with Crippen molar-refractivity contribution in [1.82, 2.24) is 0 Å². The predicted octanol–water partition coefficient (Wildman–Crippen LogP) is -4.08. The molecule has 1 saturated heterocycles. The van der Waals surface area contributed by atoms with Gasteiger partial charge in [0.2, 0.25) is 6.29 Å². The maximum Gasteiger partial charge on any atom is 0.399 e. The Kier molecular flexibility index (Phi) is 4.40. The van der Waals surface area contributed by atoms with E-state index in [-0.39, 0.29) is 0 Å². The lowest BCUT2D eigenvalue weighted by atomic mass is 9.99. The molecule has 0 aromatic rings. The zero-order valence-corrected chi connectivity index (χ0v) is 9.01. The molecule has 1 aliphatic heterocycles. The standard InChI is InChI=1S/C6H12O10S/c7-1-2(8)4(15-5(10)3(1)9)6(11)16-17(12,13)14/h1-11H,(H,12,13,14)/t1-,2-,3-,4-,5-,6?/m0/s1. The second-order valence-corrected chi connectivity index (χ2v) is 4.43.